The van der Waals surface area contributed by atoms with E-state index in [-0.39, 0.29) is 29.9 Å². The lowest BCUT2D eigenvalue weighted by molar-refractivity contribution is -0.264. The van der Waals surface area contributed by atoms with Gasteiger partial charge in [0.05, 0.1) is 6.54 Å². The highest BCUT2D eigenvalue weighted by atomic mass is 16.9. The Morgan fingerprint density at radius 2 is 0.688 bits per heavy atom. The molecule has 2 aliphatic carbocycles. The number of hydroxylamine groups is 2. The quantitative estimate of drug-likeness (QED) is 0.134. The second-order valence-corrected chi connectivity index (χ2v) is 16.9. The standard InChI is InChI=1S/C59H45NO4/c1-37-32-50(44-24-14-16-30-54(44)61)58(52(34-37)56-46-26-10-6-20-40(46)41-21-7-11-27-47(41)56)63-60(36-39-18-4-3-5-19-39)64-59-51(45-25-15-17-31-55(45)62)33-38(2)35-53(59)57-48-28-12-8-22-42(48)43-23-9-13-29-49(43)57/h3-35,56-57,61-62H,36H2,1-2H3. The summed E-state index contributed by atoms with van der Waals surface area (Å²) >= 11 is 0. The zero-order valence-electron chi connectivity index (χ0n) is 35.6. The highest BCUT2D eigenvalue weighted by Gasteiger charge is 2.36. The van der Waals surface area contributed by atoms with Gasteiger partial charge in [-0.3, -0.25) is 0 Å². The number of hydrogen-bond donors (Lipinski definition) is 2. The van der Waals surface area contributed by atoms with E-state index in [9.17, 15) is 10.2 Å². The molecule has 5 heteroatoms. The first kappa shape index (κ1) is 39.0. The highest BCUT2D eigenvalue weighted by molar-refractivity contribution is 5.86. The minimum atomic E-state index is -0.177. The van der Waals surface area contributed by atoms with Gasteiger partial charge >= 0.3 is 0 Å². The van der Waals surface area contributed by atoms with Crippen LogP contribution in [0, 0.1) is 13.8 Å². The molecule has 2 N–H and O–H groups in total. The predicted molar refractivity (Wildman–Crippen MR) is 255 cm³/mol. The Morgan fingerprint density at radius 3 is 1.06 bits per heavy atom. The maximum Gasteiger partial charge on any atom is 0.163 e. The lowest BCUT2D eigenvalue weighted by Crippen LogP contribution is -2.32. The van der Waals surface area contributed by atoms with Crippen LogP contribution in [-0.2, 0) is 6.54 Å². The number of benzene rings is 9. The summed E-state index contributed by atoms with van der Waals surface area (Å²) in [6, 6.07) is 68.0. The first-order valence-electron chi connectivity index (χ1n) is 21.8. The van der Waals surface area contributed by atoms with Gasteiger partial charge in [-0.1, -0.05) is 176 Å². The predicted octanol–water partition coefficient (Wildman–Crippen LogP) is 14.2. The molecular weight excluding hydrogens is 787 g/mol. The van der Waals surface area contributed by atoms with Crippen molar-refractivity contribution in [2.75, 3.05) is 0 Å². The molecule has 0 spiro atoms. The van der Waals surface area contributed by atoms with Crippen molar-refractivity contribution in [3.8, 4) is 67.5 Å². The van der Waals surface area contributed by atoms with E-state index >= 15 is 0 Å². The van der Waals surface area contributed by atoms with Crippen molar-refractivity contribution in [2.45, 2.75) is 32.2 Å². The van der Waals surface area contributed by atoms with Crippen LogP contribution in [0.2, 0.25) is 0 Å². The third-order valence-electron chi connectivity index (χ3n) is 12.7. The number of hydrogen-bond acceptors (Lipinski definition) is 5. The first-order chi connectivity index (χ1) is 31.4. The first-order valence-corrected chi connectivity index (χ1v) is 21.8. The van der Waals surface area contributed by atoms with Crippen LogP contribution < -0.4 is 9.68 Å². The molecule has 0 saturated carbocycles. The number of aromatic hydroxyl groups is 2. The number of para-hydroxylation sites is 2. The smallest absolute Gasteiger partial charge is 0.163 e. The van der Waals surface area contributed by atoms with Crippen molar-refractivity contribution >= 4 is 0 Å². The van der Waals surface area contributed by atoms with Gasteiger partial charge in [-0.2, -0.15) is 0 Å². The number of fused-ring (bicyclic) bond motifs is 6. The second kappa shape index (κ2) is 16.1. The number of rotatable bonds is 10. The minimum absolute atomic E-state index is 0.146. The minimum Gasteiger partial charge on any atom is -0.507 e. The zero-order chi connectivity index (χ0) is 43.3. The van der Waals surface area contributed by atoms with Gasteiger partial charge < -0.3 is 19.9 Å². The van der Waals surface area contributed by atoms with Crippen LogP contribution in [0.15, 0.2) is 200 Å². The van der Waals surface area contributed by atoms with Crippen molar-refractivity contribution in [3.63, 3.8) is 0 Å². The molecule has 11 rings (SSSR count). The largest absolute Gasteiger partial charge is 0.507 e. The van der Waals surface area contributed by atoms with Gasteiger partial charge in [0.1, 0.15) is 11.5 Å². The fraction of sp³-hybridized carbons (Fsp3) is 0.0847. The molecule has 0 heterocycles. The van der Waals surface area contributed by atoms with Crippen LogP contribution in [-0.4, -0.2) is 15.4 Å². The van der Waals surface area contributed by atoms with Crippen LogP contribution in [0.4, 0.5) is 0 Å². The molecule has 0 bridgehead atoms. The van der Waals surface area contributed by atoms with E-state index in [1.165, 1.54) is 44.5 Å². The monoisotopic (exact) mass is 831 g/mol. The summed E-state index contributed by atoms with van der Waals surface area (Å²) in [5, 5.41) is 24.7. The SMILES string of the molecule is Cc1cc(-c2ccccc2O)c(ON(Cc2ccccc2)Oc2c(-c3ccccc3O)cc(C)cc2C2c3ccccc3-c3ccccc32)c(C2c3ccccc3-c3ccccc32)c1. The van der Waals surface area contributed by atoms with Crippen molar-refractivity contribution < 1.29 is 19.9 Å². The van der Waals surface area contributed by atoms with Crippen molar-refractivity contribution in [1.82, 2.24) is 5.23 Å². The van der Waals surface area contributed by atoms with Crippen molar-refractivity contribution in [1.29, 1.82) is 0 Å². The topological polar surface area (TPSA) is 62.2 Å². The van der Waals surface area contributed by atoms with Gasteiger partial charge in [0, 0.05) is 50.4 Å². The molecule has 310 valence electrons. The summed E-state index contributed by atoms with van der Waals surface area (Å²) in [5.74, 6) is 1.07. The third-order valence-corrected chi connectivity index (χ3v) is 12.7. The summed E-state index contributed by atoms with van der Waals surface area (Å²) in [4.78, 5) is 14.9. The molecule has 0 fully saturated rings. The summed E-state index contributed by atoms with van der Waals surface area (Å²) in [5.41, 5.74) is 17.1. The fourth-order valence-corrected chi connectivity index (χ4v) is 10.0. The molecule has 9 aromatic rings. The Kier molecular flexibility index (Phi) is 9.83. The number of nitrogens with zero attached hydrogens (tertiary/aromatic N) is 1. The summed E-state index contributed by atoms with van der Waals surface area (Å²) in [7, 11) is 0. The Labute approximate surface area is 373 Å². The normalized spacial score (nSPS) is 12.7. The Balaban J connectivity index is 1.15. The Hall–Kier alpha value is -7.86. The lowest BCUT2D eigenvalue weighted by Gasteiger charge is -2.30. The van der Waals surface area contributed by atoms with E-state index in [0.29, 0.717) is 22.6 Å². The molecule has 0 aliphatic heterocycles. The van der Waals surface area contributed by atoms with Crippen molar-refractivity contribution in [2.24, 2.45) is 0 Å². The van der Waals surface area contributed by atoms with Crippen LogP contribution in [0.5, 0.6) is 23.0 Å². The van der Waals surface area contributed by atoms with Gasteiger partial charge in [-0.05, 0) is 99.3 Å². The molecule has 0 atom stereocenters. The molecule has 5 nitrogen and oxygen atoms in total. The molecule has 0 amide bonds. The van der Waals surface area contributed by atoms with E-state index in [4.69, 9.17) is 9.68 Å². The summed E-state index contributed by atoms with van der Waals surface area (Å²) in [6.45, 7) is 4.42. The van der Waals surface area contributed by atoms with Gasteiger partial charge in [-0.25, -0.2) is 0 Å². The van der Waals surface area contributed by atoms with E-state index in [1.807, 2.05) is 54.6 Å². The molecule has 0 radical (unpaired) electrons. The molecule has 64 heavy (non-hydrogen) atoms. The summed E-state index contributed by atoms with van der Waals surface area (Å²) < 4.78 is 0. The van der Waals surface area contributed by atoms with Crippen LogP contribution in [0.1, 0.15) is 61.9 Å². The third kappa shape index (κ3) is 6.78. The van der Waals surface area contributed by atoms with Crippen LogP contribution >= 0.6 is 0 Å². The van der Waals surface area contributed by atoms with E-state index in [2.05, 4.69) is 147 Å². The molecule has 0 unspecified atom stereocenters. The average molecular weight is 832 g/mol. The number of phenolic OH excluding ortho intramolecular Hbond substituents is 2. The van der Waals surface area contributed by atoms with Gasteiger partial charge in [0.2, 0.25) is 0 Å². The van der Waals surface area contributed by atoms with Gasteiger partial charge in [0.15, 0.2) is 11.5 Å². The molecule has 2 aliphatic rings. The highest BCUT2D eigenvalue weighted by Crippen LogP contribution is 2.55. The van der Waals surface area contributed by atoms with E-state index in [0.717, 1.165) is 38.9 Å². The molecule has 0 saturated heterocycles. The van der Waals surface area contributed by atoms with Crippen LogP contribution in [0.25, 0.3) is 44.5 Å². The average Bonchev–Trinajstić information content (AvgIpc) is 3.83. The Morgan fingerprint density at radius 1 is 0.359 bits per heavy atom. The molecule has 9 aromatic carbocycles. The maximum atomic E-state index is 11.6. The van der Waals surface area contributed by atoms with Crippen LogP contribution in [0.3, 0.4) is 0 Å². The van der Waals surface area contributed by atoms with Gasteiger partial charge in [-0.15, -0.1) is 0 Å². The fourth-order valence-electron chi connectivity index (χ4n) is 10.0. The van der Waals surface area contributed by atoms with Crippen molar-refractivity contribution in [3.05, 3.63) is 250 Å². The lowest BCUT2D eigenvalue weighted by atomic mass is 9.85. The van der Waals surface area contributed by atoms with Gasteiger partial charge in [0.25, 0.3) is 0 Å². The maximum absolute atomic E-state index is 11.6. The number of phenols is 2. The van der Waals surface area contributed by atoms with E-state index < -0.39 is 0 Å². The van der Waals surface area contributed by atoms with E-state index in [1.54, 1.807) is 17.4 Å². The number of aryl methyl sites for hydroxylation is 2. The molecular formula is C59H45NO4. The summed E-state index contributed by atoms with van der Waals surface area (Å²) in [6.07, 6.45) is 0. The molecule has 0 aromatic heterocycles. The Bertz CT molecular complexity index is 2940. The second-order valence-electron chi connectivity index (χ2n) is 16.9. The zero-order valence-corrected chi connectivity index (χ0v) is 35.6.